The summed E-state index contributed by atoms with van der Waals surface area (Å²) in [5.74, 6) is 0. The number of para-hydroxylation sites is 1. The molecule has 0 bridgehead atoms. The summed E-state index contributed by atoms with van der Waals surface area (Å²) in [6.45, 7) is 0. The van der Waals surface area contributed by atoms with E-state index in [1.54, 1.807) is 0 Å². The van der Waals surface area contributed by atoms with E-state index < -0.39 is 0 Å². The van der Waals surface area contributed by atoms with Gasteiger partial charge in [-0.1, -0.05) is 42.5 Å². The highest BCUT2D eigenvalue weighted by Crippen LogP contribution is 2.33. The van der Waals surface area contributed by atoms with Crippen LogP contribution >= 0.6 is 0 Å². The first-order valence-electron chi connectivity index (χ1n) is 6.19. The van der Waals surface area contributed by atoms with Crippen molar-refractivity contribution < 1.29 is 9.44 Å². The number of hydrogen-bond donors (Lipinski definition) is 1. The lowest BCUT2D eigenvalue weighted by molar-refractivity contribution is 0.616. The van der Waals surface area contributed by atoms with Crippen LogP contribution in [-0.4, -0.2) is 12.5 Å². The Hall–Kier alpha value is -2.26. The van der Waals surface area contributed by atoms with Gasteiger partial charge in [0, 0.05) is 16.2 Å². The Bertz CT molecular complexity index is 908. The Balaban J connectivity index is 2.25. The third-order valence-electron chi connectivity index (χ3n) is 3.57. The maximum Gasteiger partial charge on any atom is 0.327 e. The SMILES string of the molecule is O[B]c1cccc2c1ccc1c3ccccc3oc21. The summed E-state index contributed by atoms with van der Waals surface area (Å²) in [7, 11) is 1.14. The molecule has 0 saturated carbocycles. The van der Waals surface area contributed by atoms with Gasteiger partial charge in [-0.15, -0.1) is 0 Å². The molecule has 0 atom stereocenters. The minimum atomic E-state index is 0.805. The van der Waals surface area contributed by atoms with Crippen LogP contribution in [-0.2, 0) is 0 Å². The first-order valence-corrected chi connectivity index (χ1v) is 6.19. The van der Waals surface area contributed by atoms with Gasteiger partial charge in [-0.2, -0.15) is 0 Å². The number of fused-ring (bicyclic) bond motifs is 5. The van der Waals surface area contributed by atoms with Crippen molar-refractivity contribution in [2.24, 2.45) is 0 Å². The van der Waals surface area contributed by atoms with E-state index >= 15 is 0 Å². The molecular formula is C16H10BO2. The normalized spacial score (nSPS) is 11.4. The van der Waals surface area contributed by atoms with Gasteiger partial charge in [-0.3, -0.25) is 0 Å². The largest absolute Gasteiger partial charge is 0.455 e. The topological polar surface area (TPSA) is 33.4 Å². The van der Waals surface area contributed by atoms with Gasteiger partial charge >= 0.3 is 7.48 Å². The summed E-state index contributed by atoms with van der Waals surface area (Å²) in [6, 6.07) is 17.9. The Morgan fingerprint density at radius 2 is 1.47 bits per heavy atom. The molecule has 0 aliphatic heterocycles. The van der Waals surface area contributed by atoms with Crippen molar-refractivity contribution >= 4 is 45.7 Å². The van der Waals surface area contributed by atoms with Crippen LogP contribution in [0.25, 0.3) is 32.7 Å². The Labute approximate surface area is 110 Å². The summed E-state index contributed by atoms with van der Waals surface area (Å²) in [5.41, 5.74) is 2.57. The molecule has 0 aliphatic carbocycles. The van der Waals surface area contributed by atoms with Crippen LogP contribution in [0.1, 0.15) is 0 Å². The molecule has 0 amide bonds. The van der Waals surface area contributed by atoms with Crippen molar-refractivity contribution in [1.82, 2.24) is 0 Å². The lowest BCUT2D eigenvalue weighted by Crippen LogP contribution is -2.13. The first-order chi connectivity index (χ1) is 9.38. The summed E-state index contributed by atoms with van der Waals surface area (Å²) >= 11 is 0. The molecule has 0 unspecified atom stereocenters. The highest BCUT2D eigenvalue weighted by molar-refractivity contribution is 6.50. The minimum Gasteiger partial charge on any atom is -0.455 e. The van der Waals surface area contributed by atoms with Crippen LogP contribution in [0.3, 0.4) is 0 Å². The van der Waals surface area contributed by atoms with Gasteiger partial charge in [0.15, 0.2) is 0 Å². The molecule has 3 heteroatoms. The third-order valence-corrected chi connectivity index (χ3v) is 3.57. The number of furan rings is 1. The predicted octanol–water partition coefficient (Wildman–Crippen LogP) is 2.98. The second-order valence-corrected chi connectivity index (χ2v) is 4.61. The third kappa shape index (κ3) is 1.42. The second kappa shape index (κ2) is 3.87. The summed E-state index contributed by atoms with van der Waals surface area (Å²) in [4.78, 5) is 0. The van der Waals surface area contributed by atoms with Crippen molar-refractivity contribution in [3.05, 3.63) is 54.6 Å². The quantitative estimate of drug-likeness (QED) is 0.523. The molecule has 4 aromatic rings. The van der Waals surface area contributed by atoms with Crippen LogP contribution < -0.4 is 5.46 Å². The second-order valence-electron chi connectivity index (χ2n) is 4.61. The Morgan fingerprint density at radius 1 is 0.737 bits per heavy atom. The number of rotatable bonds is 1. The average Bonchev–Trinajstić information content (AvgIpc) is 2.85. The van der Waals surface area contributed by atoms with Crippen molar-refractivity contribution in [3.8, 4) is 0 Å². The average molecular weight is 245 g/mol. The molecule has 0 fully saturated rings. The Kier molecular flexibility index (Phi) is 2.17. The molecule has 4 rings (SSSR count). The fourth-order valence-electron chi connectivity index (χ4n) is 2.68. The van der Waals surface area contributed by atoms with E-state index in [2.05, 4.69) is 12.1 Å². The molecule has 2 nitrogen and oxygen atoms in total. The molecule has 1 radical (unpaired) electrons. The van der Waals surface area contributed by atoms with Crippen molar-refractivity contribution in [1.29, 1.82) is 0 Å². The van der Waals surface area contributed by atoms with Crippen LogP contribution in [0.2, 0.25) is 0 Å². The highest BCUT2D eigenvalue weighted by Gasteiger charge is 2.11. The van der Waals surface area contributed by atoms with Crippen molar-refractivity contribution in [2.45, 2.75) is 0 Å². The van der Waals surface area contributed by atoms with Gasteiger partial charge in [-0.05, 0) is 23.0 Å². The molecule has 3 aromatic carbocycles. The molecule has 0 saturated heterocycles. The van der Waals surface area contributed by atoms with Gasteiger partial charge in [-0.25, -0.2) is 0 Å². The zero-order valence-corrected chi connectivity index (χ0v) is 10.1. The molecular weight excluding hydrogens is 235 g/mol. The van der Waals surface area contributed by atoms with E-state index in [1.165, 1.54) is 0 Å². The molecule has 19 heavy (non-hydrogen) atoms. The monoisotopic (exact) mass is 245 g/mol. The standard InChI is InChI=1S/C16H10BO2/c18-17-14-6-3-5-12-10(14)8-9-13-11-4-1-2-7-15(11)19-16(12)13/h1-9,18H. The zero-order valence-electron chi connectivity index (χ0n) is 10.1. The zero-order chi connectivity index (χ0) is 12.8. The first kappa shape index (κ1) is 10.6. The maximum absolute atomic E-state index is 9.29. The maximum atomic E-state index is 9.29. The van der Waals surface area contributed by atoms with Crippen molar-refractivity contribution in [3.63, 3.8) is 0 Å². The van der Waals surface area contributed by atoms with Gasteiger partial charge in [0.05, 0.1) is 0 Å². The smallest absolute Gasteiger partial charge is 0.327 e. The van der Waals surface area contributed by atoms with Crippen LogP contribution in [0.4, 0.5) is 0 Å². The van der Waals surface area contributed by atoms with E-state index in [-0.39, 0.29) is 0 Å². The van der Waals surface area contributed by atoms with E-state index in [1.807, 2.05) is 42.5 Å². The van der Waals surface area contributed by atoms with Crippen LogP contribution in [0, 0.1) is 0 Å². The molecule has 89 valence electrons. The van der Waals surface area contributed by atoms with E-state index in [9.17, 15) is 5.02 Å². The minimum absolute atomic E-state index is 0.805. The fourth-order valence-corrected chi connectivity index (χ4v) is 2.68. The van der Waals surface area contributed by atoms with Gasteiger partial charge in [0.25, 0.3) is 0 Å². The number of benzene rings is 3. The lowest BCUT2D eigenvalue weighted by Gasteiger charge is -2.03. The number of hydrogen-bond acceptors (Lipinski definition) is 2. The van der Waals surface area contributed by atoms with Crippen molar-refractivity contribution in [2.75, 3.05) is 0 Å². The van der Waals surface area contributed by atoms with Crippen LogP contribution in [0.5, 0.6) is 0 Å². The molecule has 1 heterocycles. The summed E-state index contributed by atoms with van der Waals surface area (Å²) in [6.07, 6.45) is 0. The predicted molar refractivity (Wildman–Crippen MR) is 78.8 cm³/mol. The van der Waals surface area contributed by atoms with E-state index in [0.717, 1.165) is 45.7 Å². The lowest BCUT2D eigenvalue weighted by atomic mass is 9.84. The van der Waals surface area contributed by atoms with Gasteiger partial charge < -0.3 is 9.44 Å². The highest BCUT2D eigenvalue weighted by atomic mass is 16.3. The summed E-state index contributed by atoms with van der Waals surface area (Å²) in [5, 5.41) is 13.5. The Morgan fingerprint density at radius 3 is 2.37 bits per heavy atom. The molecule has 1 N–H and O–H groups in total. The molecule has 0 aliphatic rings. The van der Waals surface area contributed by atoms with Gasteiger partial charge in [0.2, 0.25) is 0 Å². The summed E-state index contributed by atoms with van der Waals surface area (Å²) < 4.78 is 5.97. The molecule has 1 aromatic heterocycles. The van der Waals surface area contributed by atoms with Gasteiger partial charge in [0.1, 0.15) is 11.2 Å². The molecule has 0 spiro atoms. The van der Waals surface area contributed by atoms with E-state index in [0.29, 0.717) is 0 Å². The van der Waals surface area contributed by atoms with Crippen LogP contribution in [0.15, 0.2) is 59.0 Å². The van der Waals surface area contributed by atoms with E-state index in [4.69, 9.17) is 4.42 Å². The fraction of sp³-hybridized carbons (Fsp3) is 0.